The van der Waals surface area contributed by atoms with Crippen molar-refractivity contribution in [3.05, 3.63) is 29.8 Å². The van der Waals surface area contributed by atoms with E-state index in [1.165, 1.54) is 4.90 Å². The molecular formula is C14H20N2O4. The van der Waals surface area contributed by atoms with Crippen LogP contribution in [0.3, 0.4) is 0 Å². The van der Waals surface area contributed by atoms with Crippen molar-refractivity contribution >= 4 is 11.9 Å². The minimum atomic E-state index is -1.09. The second-order valence-electron chi connectivity index (χ2n) is 4.58. The molecule has 1 aromatic rings. The van der Waals surface area contributed by atoms with Gasteiger partial charge in [-0.15, -0.1) is 0 Å². The van der Waals surface area contributed by atoms with Gasteiger partial charge in [-0.05, 0) is 18.6 Å². The van der Waals surface area contributed by atoms with Crippen molar-refractivity contribution in [1.29, 1.82) is 0 Å². The van der Waals surface area contributed by atoms with E-state index in [0.717, 1.165) is 11.3 Å². The molecule has 0 heterocycles. The summed E-state index contributed by atoms with van der Waals surface area (Å²) in [6.07, 6.45) is -0.373. The Balaban J connectivity index is 2.40. The number of rotatable bonds is 7. The van der Waals surface area contributed by atoms with Crippen LogP contribution in [0, 0.1) is 6.92 Å². The maximum atomic E-state index is 11.8. The molecule has 0 aliphatic rings. The van der Waals surface area contributed by atoms with E-state index in [-0.39, 0.29) is 6.42 Å². The standard InChI is InChI=1S/C14H20N2O4/c1-10-5-3-4-6-12(10)20-8-7-16(2)14(19)11(15)9-13(17)18/h3-6,11H,7-9,15H2,1-2H3,(H,17,18). The van der Waals surface area contributed by atoms with Crippen LogP contribution in [-0.4, -0.2) is 48.1 Å². The van der Waals surface area contributed by atoms with Crippen LogP contribution in [0.2, 0.25) is 0 Å². The molecule has 1 aromatic carbocycles. The summed E-state index contributed by atoms with van der Waals surface area (Å²) in [6, 6.07) is 6.57. The molecule has 0 spiro atoms. The quantitative estimate of drug-likeness (QED) is 0.764. The smallest absolute Gasteiger partial charge is 0.305 e. The first-order valence-electron chi connectivity index (χ1n) is 6.32. The Kier molecular flexibility index (Phi) is 5.99. The minimum absolute atomic E-state index is 0.326. The van der Waals surface area contributed by atoms with Crippen molar-refractivity contribution in [2.24, 2.45) is 5.73 Å². The monoisotopic (exact) mass is 280 g/mol. The predicted octanol–water partition coefficient (Wildman–Crippen LogP) is 0.634. The first-order chi connectivity index (χ1) is 9.41. The third kappa shape index (κ3) is 4.89. The summed E-state index contributed by atoms with van der Waals surface area (Å²) in [5, 5.41) is 8.59. The van der Waals surface area contributed by atoms with Crippen LogP contribution in [0.25, 0.3) is 0 Å². The number of amides is 1. The lowest BCUT2D eigenvalue weighted by Gasteiger charge is -2.20. The minimum Gasteiger partial charge on any atom is -0.491 e. The average molecular weight is 280 g/mol. The molecule has 1 rings (SSSR count). The number of nitrogens with two attached hydrogens (primary N) is 1. The normalized spacial score (nSPS) is 11.8. The highest BCUT2D eigenvalue weighted by Gasteiger charge is 2.20. The van der Waals surface area contributed by atoms with Gasteiger partial charge in [-0.1, -0.05) is 18.2 Å². The molecule has 1 unspecified atom stereocenters. The van der Waals surface area contributed by atoms with E-state index in [1.807, 2.05) is 31.2 Å². The predicted molar refractivity (Wildman–Crippen MR) is 74.5 cm³/mol. The molecule has 3 N–H and O–H groups in total. The van der Waals surface area contributed by atoms with Crippen molar-refractivity contribution in [2.75, 3.05) is 20.2 Å². The fraction of sp³-hybridized carbons (Fsp3) is 0.429. The van der Waals surface area contributed by atoms with Gasteiger partial charge in [-0.2, -0.15) is 0 Å². The van der Waals surface area contributed by atoms with Gasteiger partial charge in [0.25, 0.3) is 0 Å². The number of hydrogen-bond acceptors (Lipinski definition) is 4. The van der Waals surface area contributed by atoms with Crippen LogP contribution in [0.4, 0.5) is 0 Å². The molecule has 6 nitrogen and oxygen atoms in total. The third-order valence-corrected chi connectivity index (χ3v) is 2.87. The molecule has 0 fully saturated rings. The van der Waals surface area contributed by atoms with Gasteiger partial charge < -0.3 is 20.5 Å². The molecular weight excluding hydrogens is 260 g/mol. The van der Waals surface area contributed by atoms with Gasteiger partial charge in [0.15, 0.2) is 0 Å². The number of aliphatic carboxylic acids is 1. The summed E-state index contributed by atoms with van der Waals surface area (Å²) in [5.41, 5.74) is 6.53. The van der Waals surface area contributed by atoms with Gasteiger partial charge >= 0.3 is 5.97 Å². The lowest BCUT2D eigenvalue weighted by atomic mass is 10.2. The summed E-state index contributed by atoms with van der Waals surface area (Å²) in [5.74, 6) is -0.723. The Morgan fingerprint density at radius 2 is 2.05 bits per heavy atom. The summed E-state index contributed by atoms with van der Waals surface area (Å²) in [6.45, 7) is 2.61. The molecule has 0 saturated heterocycles. The number of aryl methyl sites for hydroxylation is 1. The van der Waals surface area contributed by atoms with Gasteiger partial charge in [0.2, 0.25) is 5.91 Å². The van der Waals surface area contributed by atoms with Crippen molar-refractivity contribution in [2.45, 2.75) is 19.4 Å². The Morgan fingerprint density at radius 1 is 1.40 bits per heavy atom. The van der Waals surface area contributed by atoms with E-state index in [9.17, 15) is 9.59 Å². The topological polar surface area (TPSA) is 92.9 Å². The molecule has 1 atom stereocenters. The van der Waals surface area contributed by atoms with Crippen LogP contribution in [0.15, 0.2) is 24.3 Å². The lowest BCUT2D eigenvalue weighted by Crippen LogP contribution is -2.44. The molecule has 0 aliphatic heterocycles. The van der Waals surface area contributed by atoms with E-state index in [0.29, 0.717) is 13.2 Å². The van der Waals surface area contributed by atoms with Gasteiger partial charge in [-0.3, -0.25) is 9.59 Å². The van der Waals surface area contributed by atoms with Gasteiger partial charge in [0, 0.05) is 7.05 Å². The maximum Gasteiger partial charge on any atom is 0.305 e. The summed E-state index contributed by atoms with van der Waals surface area (Å²) in [7, 11) is 1.57. The van der Waals surface area contributed by atoms with E-state index < -0.39 is 17.9 Å². The summed E-state index contributed by atoms with van der Waals surface area (Å²) < 4.78 is 5.57. The fourth-order valence-electron chi connectivity index (χ4n) is 1.68. The zero-order valence-electron chi connectivity index (χ0n) is 11.7. The van der Waals surface area contributed by atoms with Gasteiger partial charge in [-0.25, -0.2) is 0 Å². The van der Waals surface area contributed by atoms with Crippen LogP contribution >= 0.6 is 0 Å². The third-order valence-electron chi connectivity index (χ3n) is 2.87. The SMILES string of the molecule is Cc1ccccc1OCCN(C)C(=O)C(N)CC(=O)O. The molecule has 0 bridgehead atoms. The van der Waals surface area contributed by atoms with Crippen molar-refractivity contribution in [3.63, 3.8) is 0 Å². The molecule has 110 valence electrons. The van der Waals surface area contributed by atoms with Crippen molar-refractivity contribution < 1.29 is 19.4 Å². The summed E-state index contributed by atoms with van der Waals surface area (Å²) >= 11 is 0. The van der Waals surface area contributed by atoms with E-state index >= 15 is 0 Å². The number of ether oxygens (including phenoxy) is 1. The Bertz CT molecular complexity index is 476. The first kappa shape index (κ1) is 16.0. The summed E-state index contributed by atoms with van der Waals surface area (Å²) in [4.78, 5) is 23.6. The van der Waals surface area contributed by atoms with Crippen molar-refractivity contribution in [1.82, 2.24) is 4.90 Å². The highest BCUT2D eigenvalue weighted by molar-refractivity contribution is 5.85. The number of nitrogens with zero attached hydrogens (tertiary/aromatic N) is 1. The molecule has 0 radical (unpaired) electrons. The van der Waals surface area contributed by atoms with Crippen molar-refractivity contribution in [3.8, 4) is 5.75 Å². The highest BCUT2D eigenvalue weighted by Crippen LogP contribution is 2.15. The zero-order chi connectivity index (χ0) is 15.1. The largest absolute Gasteiger partial charge is 0.491 e. The molecule has 6 heteroatoms. The van der Waals surface area contributed by atoms with Crippen LogP contribution in [0.5, 0.6) is 5.75 Å². The highest BCUT2D eigenvalue weighted by atomic mass is 16.5. The molecule has 0 aliphatic carbocycles. The van der Waals surface area contributed by atoms with E-state index in [1.54, 1.807) is 7.05 Å². The van der Waals surface area contributed by atoms with E-state index in [4.69, 9.17) is 15.6 Å². The van der Waals surface area contributed by atoms with Crippen LogP contribution in [0.1, 0.15) is 12.0 Å². The molecule has 1 amide bonds. The average Bonchev–Trinajstić information content (AvgIpc) is 2.39. The number of para-hydroxylation sites is 1. The Hall–Kier alpha value is -2.08. The second kappa shape index (κ2) is 7.49. The van der Waals surface area contributed by atoms with E-state index in [2.05, 4.69) is 0 Å². The number of carboxylic acid groups (broad SMARTS) is 1. The molecule has 20 heavy (non-hydrogen) atoms. The Morgan fingerprint density at radius 3 is 2.65 bits per heavy atom. The first-order valence-corrected chi connectivity index (χ1v) is 6.32. The molecule has 0 aromatic heterocycles. The van der Waals surface area contributed by atoms with Gasteiger partial charge in [0.1, 0.15) is 12.4 Å². The Labute approximate surface area is 118 Å². The fourth-order valence-corrected chi connectivity index (χ4v) is 1.68. The second-order valence-corrected chi connectivity index (χ2v) is 4.58. The number of carboxylic acids is 1. The number of carbonyl (C=O) groups is 2. The number of carbonyl (C=O) groups excluding carboxylic acids is 1. The lowest BCUT2D eigenvalue weighted by molar-refractivity contribution is -0.141. The number of hydrogen-bond donors (Lipinski definition) is 2. The maximum absolute atomic E-state index is 11.8. The van der Waals surface area contributed by atoms with Crippen LogP contribution < -0.4 is 10.5 Å². The van der Waals surface area contributed by atoms with Gasteiger partial charge in [0.05, 0.1) is 19.0 Å². The zero-order valence-corrected chi connectivity index (χ0v) is 11.7. The molecule has 0 saturated carbocycles. The number of likely N-dealkylation sites (N-methyl/N-ethyl adjacent to an activating group) is 1. The van der Waals surface area contributed by atoms with Crippen LogP contribution in [-0.2, 0) is 9.59 Å². The number of benzene rings is 1.